The molecule has 0 radical (unpaired) electrons. The van der Waals surface area contributed by atoms with Crippen LogP contribution in [0.15, 0.2) is 0 Å². The molecule has 0 bridgehead atoms. The lowest BCUT2D eigenvalue weighted by Gasteiger charge is -2.29. The van der Waals surface area contributed by atoms with Gasteiger partial charge in [0.15, 0.2) is 5.13 Å². The third-order valence-corrected chi connectivity index (χ3v) is 4.43. The molecule has 20 heavy (non-hydrogen) atoms. The van der Waals surface area contributed by atoms with Gasteiger partial charge in [0.1, 0.15) is 10.7 Å². The molecule has 0 aliphatic rings. The van der Waals surface area contributed by atoms with E-state index in [1.54, 1.807) is 4.90 Å². The van der Waals surface area contributed by atoms with Gasteiger partial charge < -0.3 is 20.6 Å². The molecule has 0 fully saturated rings. The van der Waals surface area contributed by atoms with Gasteiger partial charge in [-0.1, -0.05) is 25.2 Å². The molecule has 1 amide bonds. The fourth-order valence-corrected chi connectivity index (χ4v) is 2.95. The summed E-state index contributed by atoms with van der Waals surface area (Å²) in [6.45, 7) is 4.33. The molecule has 0 unspecified atom stereocenters. The third-order valence-electron chi connectivity index (χ3n) is 3.20. The maximum Gasteiger partial charge on any atom is 0.268 e. The summed E-state index contributed by atoms with van der Waals surface area (Å²) < 4.78 is 0. The number of carbonyl (C=O) groups excluding carboxylic acids is 1. The minimum absolute atomic E-state index is 0.0541. The molecule has 7 heteroatoms. The van der Waals surface area contributed by atoms with Gasteiger partial charge in [-0.2, -0.15) is 0 Å². The lowest BCUT2D eigenvalue weighted by Crippen LogP contribution is -2.41. The van der Waals surface area contributed by atoms with E-state index < -0.39 is 0 Å². The number of thiazole rings is 1. The molecular formula is C13H24N4O2S. The molecule has 0 atom stereocenters. The number of aliphatic hydroxyl groups excluding tert-OH is 1. The van der Waals surface area contributed by atoms with Crippen molar-refractivity contribution in [3.63, 3.8) is 0 Å². The van der Waals surface area contributed by atoms with E-state index >= 15 is 0 Å². The molecule has 0 spiro atoms. The highest BCUT2D eigenvalue weighted by molar-refractivity contribution is 7.18. The molecule has 1 aromatic heterocycles. The SMILES string of the molecule is CCC(CC)N(CCO)C(=O)c1sc(N(C)C)nc1N. The zero-order valence-corrected chi connectivity index (χ0v) is 13.4. The van der Waals surface area contributed by atoms with Crippen LogP contribution in [0.3, 0.4) is 0 Å². The van der Waals surface area contributed by atoms with Gasteiger partial charge in [0, 0.05) is 26.7 Å². The highest BCUT2D eigenvalue weighted by Gasteiger charge is 2.26. The molecule has 3 N–H and O–H groups in total. The second-order valence-corrected chi connectivity index (χ2v) is 5.78. The Balaban J connectivity index is 3.05. The zero-order valence-electron chi connectivity index (χ0n) is 12.6. The maximum atomic E-state index is 12.6. The standard InChI is InChI=1S/C13H24N4O2S/c1-5-9(6-2)17(7-8-18)12(19)10-11(14)15-13(20-10)16(3)4/h9,18H,5-8,14H2,1-4H3. The number of nitrogen functional groups attached to an aromatic ring is 1. The predicted octanol–water partition coefficient (Wildman–Crippen LogP) is 1.41. The molecule has 0 aromatic carbocycles. The Bertz CT molecular complexity index is 444. The molecule has 114 valence electrons. The van der Waals surface area contributed by atoms with Crippen LogP contribution in [0.25, 0.3) is 0 Å². The first-order valence-corrected chi connectivity index (χ1v) is 7.63. The number of anilines is 2. The Labute approximate surface area is 124 Å². The minimum atomic E-state index is -0.143. The van der Waals surface area contributed by atoms with Gasteiger partial charge in [-0.05, 0) is 12.8 Å². The molecule has 0 saturated heterocycles. The van der Waals surface area contributed by atoms with Gasteiger partial charge in [-0.15, -0.1) is 0 Å². The normalized spacial score (nSPS) is 10.9. The highest BCUT2D eigenvalue weighted by Crippen LogP contribution is 2.29. The fraction of sp³-hybridized carbons (Fsp3) is 0.692. The largest absolute Gasteiger partial charge is 0.395 e. The van der Waals surface area contributed by atoms with Gasteiger partial charge in [0.2, 0.25) is 0 Å². The number of aliphatic hydroxyl groups is 1. The Hall–Kier alpha value is -1.34. The van der Waals surface area contributed by atoms with Gasteiger partial charge in [-0.25, -0.2) is 4.98 Å². The summed E-state index contributed by atoms with van der Waals surface area (Å²) in [5, 5.41) is 9.90. The smallest absolute Gasteiger partial charge is 0.268 e. The lowest BCUT2D eigenvalue weighted by molar-refractivity contribution is 0.0628. The van der Waals surface area contributed by atoms with Crippen LogP contribution in [0.5, 0.6) is 0 Å². The van der Waals surface area contributed by atoms with Crippen molar-refractivity contribution >= 4 is 28.2 Å². The van der Waals surface area contributed by atoms with E-state index in [4.69, 9.17) is 5.73 Å². The van der Waals surface area contributed by atoms with Gasteiger partial charge >= 0.3 is 0 Å². The molecule has 1 rings (SSSR count). The summed E-state index contributed by atoms with van der Waals surface area (Å²) in [5.41, 5.74) is 5.86. The Morgan fingerprint density at radius 2 is 2.00 bits per heavy atom. The van der Waals surface area contributed by atoms with Crippen molar-refractivity contribution in [2.24, 2.45) is 0 Å². The lowest BCUT2D eigenvalue weighted by atomic mass is 10.1. The predicted molar refractivity (Wildman–Crippen MR) is 83.3 cm³/mol. The van der Waals surface area contributed by atoms with Crippen LogP contribution in [0.2, 0.25) is 0 Å². The van der Waals surface area contributed by atoms with Crippen molar-refractivity contribution in [1.82, 2.24) is 9.88 Å². The Morgan fingerprint density at radius 1 is 1.40 bits per heavy atom. The quantitative estimate of drug-likeness (QED) is 0.795. The van der Waals surface area contributed by atoms with E-state index in [2.05, 4.69) is 4.98 Å². The van der Waals surface area contributed by atoms with Crippen LogP contribution in [-0.2, 0) is 0 Å². The van der Waals surface area contributed by atoms with Crippen molar-refractivity contribution in [3.8, 4) is 0 Å². The molecule has 1 aromatic rings. The van der Waals surface area contributed by atoms with E-state index in [9.17, 15) is 9.90 Å². The van der Waals surface area contributed by atoms with E-state index in [1.807, 2.05) is 32.8 Å². The van der Waals surface area contributed by atoms with E-state index in [0.29, 0.717) is 16.6 Å². The van der Waals surface area contributed by atoms with Crippen LogP contribution in [0.1, 0.15) is 36.4 Å². The number of carbonyl (C=O) groups is 1. The molecule has 0 saturated carbocycles. The molecule has 1 heterocycles. The first-order chi connectivity index (χ1) is 9.46. The van der Waals surface area contributed by atoms with Crippen molar-refractivity contribution < 1.29 is 9.90 Å². The second-order valence-electron chi connectivity index (χ2n) is 4.80. The Kier molecular flexibility index (Phi) is 6.22. The number of hydrogen-bond acceptors (Lipinski definition) is 6. The van der Waals surface area contributed by atoms with Crippen molar-refractivity contribution in [2.45, 2.75) is 32.7 Å². The first-order valence-electron chi connectivity index (χ1n) is 6.81. The van der Waals surface area contributed by atoms with E-state index in [0.717, 1.165) is 12.8 Å². The summed E-state index contributed by atoms with van der Waals surface area (Å²) in [7, 11) is 3.72. The second kappa shape index (κ2) is 7.44. The topological polar surface area (TPSA) is 82.7 Å². The van der Waals surface area contributed by atoms with Crippen LogP contribution in [-0.4, -0.2) is 54.2 Å². The molecule has 0 aliphatic heterocycles. The number of rotatable bonds is 7. The van der Waals surface area contributed by atoms with Crippen molar-refractivity contribution in [1.29, 1.82) is 0 Å². The third kappa shape index (κ3) is 3.61. The maximum absolute atomic E-state index is 12.6. The molecule has 6 nitrogen and oxygen atoms in total. The summed E-state index contributed by atoms with van der Waals surface area (Å²) in [4.78, 5) is 20.8. The zero-order chi connectivity index (χ0) is 15.3. The van der Waals surface area contributed by atoms with Gasteiger partial charge in [-0.3, -0.25) is 4.79 Å². The number of hydrogen-bond donors (Lipinski definition) is 2. The highest BCUT2D eigenvalue weighted by atomic mass is 32.1. The summed E-state index contributed by atoms with van der Waals surface area (Å²) in [6.07, 6.45) is 1.70. The monoisotopic (exact) mass is 300 g/mol. The minimum Gasteiger partial charge on any atom is -0.395 e. The van der Waals surface area contributed by atoms with Crippen LogP contribution in [0, 0.1) is 0 Å². The van der Waals surface area contributed by atoms with Crippen molar-refractivity contribution in [3.05, 3.63) is 4.88 Å². The average Bonchev–Trinajstić information content (AvgIpc) is 2.80. The number of aromatic nitrogens is 1. The van der Waals surface area contributed by atoms with Crippen LogP contribution >= 0.6 is 11.3 Å². The number of amides is 1. The van der Waals surface area contributed by atoms with Crippen LogP contribution < -0.4 is 10.6 Å². The molecular weight excluding hydrogens is 276 g/mol. The summed E-state index contributed by atoms with van der Waals surface area (Å²) >= 11 is 1.29. The summed E-state index contributed by atoms with van der Waals surface area (Å²) in [6, 6.07) is 0.110. The van der Waals surface area contributed by atoms with E-state index in [1.165, 1.54) is 11.3 Å². The van der Waals surface area contributed by atoms with Crippen LogP contribution in [0.4, 0.5) is 10.9 Å². The van der Waals surface area contributed by atoms with E-state index in [-0.39, 0.29) is 24.4 Å². The van der Waals surface area contributed by atoms with Gasteiger partial charge in [0.25, 0.3) is 5.91 Å². The Morgan fingerprint density at radius 3 is 2.40 bits per heavy atom. The first kappa shape index (κ1) is 16.7. The fourth-order valence-electron chi connectivity index (χ4n) is 2.08. The van der Waals surface area contributed by atoms with Gasteiger partial charge in [0.05, 0.1) is 6.61 Å². The summed E-state index contributed by atoms with van der Waals surface area (Å²) in [5.74, 6) is 0.119. The molecule has 0 aliphatic carbocycles. The number of nitrogens with two attached hydrogens (primary N) is 1. The average molecular weight is 300 g/mol. The van der Waals surface area contributed by atoms with Crippen molar-refractivity contribution in [2.75, 3.05) is 37.9 Å². The number of nitrogens with zero attached hydrogens (tertiary/aromatic N) is 3.